The van der Waals surface area contributed by atoms with Crippen LogP contribution in [0.1, 0.15) is 33.1 Å². The quantitative estimate of drug-likeness (QED) is 0.391. The molecule has 0 radical (unpaired) electrons. The lowest BCUT2D eigenvalue weighted by atomic mass is 9.66. The molecule has 3 atom stereocenters. The van der Waals surface area contributed by atoms with Gasteiger partial charge in [-0.2, -0.15) is 0 Å². The molecule has 116 valence electrons. The Balaban J connectivity index is 1.58. The molecule has 21 heavy (non-hydrogen) atoms. The molecule has 2 bridgehead atoms. The molecule has 1 aromatic carbocycles. The van der Waals surface area contributed by atoms with Crippen molar-refractivity contribution in [2.75, 3.05) is 17.6 Å². The minimum Gasteiger partial charge on any atom is -0.491 e. The van der Waals surface area contributed by atoms with Crippen LogP contribution < -0.4 is 4.74 Å². The lowest BCUT2D eigenvalue weighted by Gasteiger charge is -2.48. The topological polar surface area (TPSA) is 18.5 Å². The first-order valence-electron chi connectivity index (χ1n) is 7.98. The number of ether oxygens (including phenoxy) is 2. The van der Waals surface area contributed by atoms with Gasteiger partial charge in [0, 0.05) is 4.43 Å². The maximum atomic E-state index is 6.48. The summed E-state index contributed by atoms with van der Waals surface area (Å²) in [5.41, 5.74) is 0.348. The SMILES string of the molecule is CC1(C)C2CCC(C2)C1(CI)OCCOc1ccccc1. The van der Waals surface area contributed by atoms with E-state index in [0.717, 1.165) is 22.0 Å². The molecule has 1 aromatic rings. The van der Waals surface area contributed by atoms with Crippen LogP contribution >= 0.6 is 22.6 Å². The Bertz CT molecular complexity index is 473. The lowest BCUT2D eigenvalue weighted by molar-refractivity contribution is -0.140. The van der Waals surface area contributed by atoms with Gasteiger partial charge in [0.05, 0.1) is 12.2 Å². The number of hydrogen-bond acceptors (Lipinski definition) is 2. The van der Waals surface area contributed by atoms with Crippen LogP contribution in [0.4, 0.5) is 0 Å². The van der Waals surface area contributed by atoms with Crippen LogP contribution in [0.2, 0.25) is 0 Å². The van der Waals surface area contributed by atoms with E-state index in [9.17, 15) is 0 Å². The molecule has 2 aliphatic rings. The molecule has 3 rings (SSSR count). The number of alkyl halides is 1. The molecule has 2 saturated carbocycles. The molecule has 0 heterocycles. The van der Waals surface area contributed by atoms with Crippen LogP contribution in [0.3, 0.4) is 0 Å². The average Bonchev–Trinajstić information content (AvgIpc) is 3.05. The van der Waals surface area contributed by atoms with Gasteiger partial charge in [-0.15, -0.1) is 0 Å². The van der Waals surface area contributed by atoms with Crippen LogP contribution in [-0.2, 0) is 4.74 Å². The van der Waals surface area contributed by atoms with Gasteiger partial charge in [0.15, 0.2) is 0 Å². The van der Waals surface area contributed by atoms with E-state index in [4.69, 9.17) is 9.47 Å². The molecule has 2 nitrogen and oxygen atoms in total. The van der Waals surface area contributed by atoms with Crippen molar-refractivity contribution < 1.29 is 9.47 Å². The second-order valence-electron chi connectivity index (χ2n) is 6.96. The summed E-state index contributed by atoms with van der Waals surface area (Å²) >= 11 is 2.52. The summed E-state index contributed by atoms with van der Waals surface area (Å²) in [5, 5.41) is 0. The largest absolute Gasteiger partial charge is 0.491 e. The summed E-state index contributed by atoms with van der Waals surface area (Å²) in [6.07, 6.45) is 4.09. The molecule has 0 N–H and O–H groups in total. The predicted octanol–water partition coefficient (Wildman–Crippen LogP) is 4.71. The Kier molecular flexibility index (Phi) is 4.51. The first kappa shape index (κ1) is 15.6. The van der Waals surface area contributed by atoms with E-state index in [1.807, 2.05) is 30.3 Å². The summed E-state index contributed by atoms with van der Waals surface area (Å²) < 4.78 is 13.3. The van der Waals surface area contributed by atoms with Crippen molar-refractivity contribution >= 4 is 22.6 Å². The minimum atomic E-state index is 0.0521. The number of para-hydroxylation sites is 1. The third-order valence-corrected chi connectivity index (χ3v) is 6.99. The summed E-state index contributed by atoms with van der Waals surface area (Å²) in [6, 6.07) is 10.0. The molecule has 0 aliphatic heterocycles. The average molecular weight is 400 g/mol. The fraction of sp³-hybridized carbons (Fsp3) is 0.667. The highest BCUT2D eigenvalue weighted by molar-refractivity contribution is 14.1. The van der Waals surface area contributed by atoms with Crippen LogP contribution in [0, 0.1) is 17.3 Å². The summed E-state index contributed by atoms with van der Waals surface area (Å²) in [7, 11) is 0. The van der Waals surface area contributed by atoms with Crippen LogP contribution in [-0.4, -0.2) is 23.2 Å². The highest BCUT2D eigenvalue weighted by Crippen LogP contribution is 2.63. The van der Waals surface area contributed by atoms with Gasteiger partial charge in [-0.25, -0.2) is 0 Å². The normalized spacial score (nSPS) is 33.3. The van der Waals surface area contributed by atoms with Gasteiger partial charge >= 0.3 is 0 Å². The number of rotatable bonds is 6. The van der Waals surface area contributed by atoms with Gasteiger partial charge < -0.3 is 9.47 Å². The number of hydrogen-bond donors (Lipinski definition) is 0. The van der Waals surface area contributed by atoms with Crippen LogP contribution in [0.15, 0.2) is 30.3 Å². The van der Waals surface area contributed by atoms with Gasteiger partial charge in [-0.1, -0.05) is 54.6 Å². The van der Waals surface area contributed by atoms with Crippen LogP contribution in [0.25, 0.3) is 0 Å². The molecule has 3 heteroatoms. The summed E-state index contributed by atoms with van der Waals surface area (Å²) in [5.74, 6) is 2.51. The molecular formula is C18H25IO2. The lowest BCUT2D eigenvalue weighted by Crippen LogP contribution is -2.53. The van der Waals surface area contributed by atoms with Crippen molar-refractivity contribution in [2.45, 2.75) is 38.7 Å². The van der Waals surface area contributed by atoms with Gasteiger partial charge in [0.2, 0.25) is 0 Å². The monoisotopic (exact) mass is 400 g/mol. The summed E-state index contributed by atoms with van der Waals surface area (Å²) in [6.45, 7) is 6.14. The van der Waals surface area contributed by atoms with E-state index in [0.29, 0.717) is 18.6 Å². The molecule has 2 fully saturated rings. The summed E-state index contributed by atoms with van der Waals surface area (Å²) in [4.78, 5) is 0. The van der Waals surface area contributed by atoms with E-state index in [2.05, 4.69) is 36.4 Å². The molecule has 0 spiro atoms. The molecule has 0 aromatic heterocycles. The highest BCUT2D eigenvalue weighted by Gasteiger charge is 2.63. The van der Waals surface area contributed by atoms with E-state index >= 15 is 0 Å². The third-order valence-electron chi connectivity index (χ3n) is 5.86. The second kappa shape index (κ2) is 6.07. The Morgan fingerprint density at radius 3 is 2.43 bits per heavy atom. The van der Waals surface area contributed by atoms with Crippen LogP contribution in [0.5, 0.6) is 5.75 Å². The van der Waals surface area contributed by atoms with Crippen molar-refractivity contribution in [2.24, 2.45) is 17.3 Å². The van der Waals surface area contributed by atoms with Gasteiger partial charge in [-0.05, 0) is 48.6 Å². The van der Waals surface area contributed by atoms with Gasteiger partial charge in [0.1, 0.15) is 12.4 Å². The Labute approximate surface area is 141 Å². The first-order chi connectivity index (χ1) is 10.1. The number of halogens is 1. The standard InChI is InChI=1S/C18H25IO2/c1-17(2)14-8-9-15(12-14)18(17,13-19)21-11-10-20-16-6-4-3-5-7-16/h3-7,14-15H,8-13H2,1-2H3. The fourth-order valence-electron chi connectivity index (χ4n) is 4.46. The maximum Gasteiger partial charge on any atom is 0.119 e. The van der Waals surface area contributed by atoms with E-state index in [-0.39, 0.29) is 5.60 Å². The Morgan fingerprint density at radius 1 is 1.10 bits per heavy atom. The second-order valence-corrected chi connectivity index (χ2v) is 7.72. The van der Waals surface area contributed by atoms with E-state index < -0.39 is 0 Å². The van der Waals surface area contributed by atoms with E-state index in [1.54, 1.807) is 0 Å². The number of benzene rings is 1. The molecule has 2 aliphatic carbocycles. The van der Waals surface area contributed by atoms with Crippen molar-refractivity contribution in [3.63, 3.8) is 0 Å². The van der Waals surface area contributed by atoms with Gasteiger partial charge in [0.25, 0.3) is 0 Å². The zero-order chi connectivity index (χ0) is 14.9. The maximum absolute atomic E-state index is 6.48. The molecule has 0 saturated heterocycles. The zero-order valence-electron chi connectivity index (χ0n) is 13.0. The number of fused-ring (bicyclic) bond motifs is 2. The Morgan fingerprint density at radius 2 is 1.81 bits per heavy atom. The molecule has 3 unspecified atom stereocenters. The smallest absolute Gasteiger partial charge is 0.119 e. The predicted molar refractivity (Wildman–Crippen MR) is 94.1 cm³/mol. The Hall–Kier alpha value is -0.290. The van der Waals surface area contributed by atoms with Crippen molar-refractivity contribution in [3.05, 3.63) is 30.3 Å². The molecular weight excluding hydrogens is 375 g/mol. The van der Waals surface area contributed by atoms with Crippen molar-refractivity contribution in [1.29, 1.82) is 0 Å². The fourth-order valence-corrected chi connectivity index (χ4v) is 6.28. The van der Waals surface area contributed by atoms with Crippen molar-refractivity contribution in [1.82, 2.24) is 0 Å². The van der Waals surface area contributed by atoms with Gasteiger partial charge in [-0.3, -0.25) is 0 Å². The molecule has 0 amide bonds. The highest BCUT2D eigenvalue weighted by atomic mass is 127. The first-order valence-corrected chi connectivity index (χ1v) is 9.50. The van der Waals surface area contributed by atoms with Crippen molar-refractivity contribution in [3.8, 4) is 5.75 Å². The minimum absolute atomic E-state index is 0.0521. The van der Waals surface area contributed by atoms with E-state index in [1.165, 1.54) is 19.3 Å². The third kappa shape index (κ3) is 2.61. The zero-order valence-corrected chi connectivity index (χ0v) is 15.1.